The van der Waals surface area contributed by atoms with Crippen LogP contribution < -0.4 is 15.4 Å². The van der Waals surface area contributed by atoms with Crippen LogP contribution >= 0.6 is 0 Å². The molecule has 4 rings (SSSR count). The Morgan fingerprint density at radius 1 is 1.28 bits per heavy atom. The van der Waals surface area contributed by atoms with Crippen molar-refractivity contribution in [3.63, 3.8) is 0 Å². The number of benzene rings is 1. The molecule has 3 aromatic rings. The quantitative estimate of drug-likeness (QED) is 0.687. The van der Waals surface area contributed by atoms with Crippen LogP contribution in [0.3, 0.4) is 0 Å². The summed E-state index contributed by atoms with van der Waals surface area (Å²) >= 11 is 0. The minimum absolute atomic E-state index is 0.156. The molecule has 3 heterocycles. The molecular formula is C21H28N6O2. The van der Waals surface area contributed by atoms with Crippen molar-refractivity contribution in [2.24, 2.45) is 7.05 Å². The maximum atomic E-state index is 12.7. The molecule has 8 heteroatoms. The molecule has 1 aliphatic heterocycles. The zero-order chi connectivity index (χ0) is 20.4. The van der Waals surface area contributed by atoms with Crippen molar-refractivity contribution < 1.29 is 4.74 Å². The number of H-pyrrole nitrogens is 1. The van der Waals surface area contributed by atoms with Crippen molar-refractivity contribution in [2.75, 3.05) is 43.2 Å². The lowest BCUT2D eigenvalue weighted by Crippen LogP contribution is -2.36. The number of hydrogen-bond donors (Lipinski definition) is 1. The molecule has 0 unspecified atom stereocenters. The van der Waals surface area contributed by atoms with Crippen LogP contribution in [-0.4, -0.2) is 53.1 Å². The number of morpholine rings is 1. The average molecular weight is 396 g/mol. The molecule has 154 valence electrons. The first-order chi connectivity index (χ1) is 14.1. The van der Waals surface area contributed by atoms with Gasteiger partial charge >= 0.3 is 0 Å². The third-order valence-electron chi connectivity index (χ3n) is 5.31. The van der Waals surface area contributed by atoms with Gasteiger partial charge in [-0.25, -0.2) is 4.98 Å². The lowest BCUT2D eigenvalue weighted by molar-refractivity contribution is 0.122. The zero-order valence-electron chi connectivity index (χ0n) is 17.3. The molecule has 0 radical (unpaired) electrons. The third-order valence-corrected chi connectivity index (χ3v) is 5.31. The van der Waals surface area contributed by atoms with Crippen molar-refractivity contribution in [3.05, 3.63) is 45.9 Å². The van der Waals surface area contributed by atoms with Crippen LogP contribution in [0.5, 0.6) is 0 Å². The van der Waals surface area contributed by atoms with E-state index in [4.69, 9.17) is 9.72 Å². The van der Waals surface area contributed by atoms with Gasteiger partial charge in [0.05, 0.1) is 18.9 Å². The monoisotopic (exact) mass is 396 g/mol. The van der Waals surface area contributed by atoms with Crippen LogP contribution in [-0.2, 0) is 24.8 Å². The van der Waals surface area contributed by atoms with Crippen LogP contribution in [0.25, 0.3) is 11.0 Å². The molecular weight excluding hydrogens is 368 g/mol. The Kier molecular flexibility index (Phi) is 5.53. The Morgan fingerprint density at radius 3 is 2.83 bits per heavy atom. The molecule has 0 saturated carbocycles. The highest BCUT2D eigenvalue weighted by atomic mass is 16.5. The van der Waals surface area contributed by atoms with E-state index in [1.807, 2.05) is 11.9 Å². The van der Waals surface area contributed by atoms with Crippen LogP contribution in [0.15, 0.2) is 29.1 Å². The molecule has 0 amide bonds. The van der Waals surface area contributed by atoms with Gasteiger partial charge in [0.1, 0.15) is 5.52 Å². The Hall–Kier alpha value is -2.87. The fourth-order valence-corrected chi connectivity index (χ4v) is 3.84. The highest BCUT2D eigenvalue weighted by Gasteiger charge is 2.17. The highest BCUT2D eigenvalue weighted by Crippen LogP contribution is 2.21. The summed E-state index contributed by atoms with van der Waals surface area (Å²) in [4.78, 5) is 24.6. The van der Waals surface area contributed by atoms with E-state index in [1.165, 1.54) is 11.3 Å². The maximum absolute atomic E-state index is 12.7. The normalized spacial score (nSPS) is 14.5. The van der Waals surface area contributed by atoms with Gasteiger partial charge in [0.25, 0.3) is 5.56 Å². The van der Waals surface area contributed by atoms with Crippen LogP contribution in [0.2, 0.25) is 0 Å². The van der Waals surface area contributed by atoms with E-state index in [0.29, 0.717) is 23.5 Å². The second-order valence-corrected chi connectivity index (χ2v) is 7.53. The van der Waals surface area contributed by atoms with Gasteiger partial charge in [0, 0.05) is 39.4 Å². The maximum Gasteiger partial charge on any atom is 0.278 e. The van der Waals surface area contributed by atoms with Crippen LogP contribution in [0.4, 0.5) is 11.6 Å². The molecule has 29 heavy (non-hydrogen) atoms. The first-order valence-electron chi connectivity index (χ1n) is 10.2. The summed E-state index contributed by atoms with van der Waals surface area (Å²) in [6.45, 7) is 6.09. The fraction of sp³-hybridized carbons (Fsp3) is 0.476. The second-order valence-electron chi connectivity index (χ2n) is 7.53. The van der Waals surface area contributed by atoms with E-state index in [0.717, 1.165) is 44.8 Å². The van der Waals surface area contributed by atoms with Crippen molar-refractivity contribution in [2.45, 2.75) is 26.3 Å². The van der Waals surface area contributed by atoms with E-state index in [1.54, 1.807) is 11.7 Å². The second kappa shape index (κ2) is 8.24. The summed E-state index contributed by atoms with van der Waals surface area (Å²) in [5.74, 6) is 0.560. The number of anilines is 2. The lowest BCUT2D eigenvalue weighted by Gasteiger charge is -2.29. The fourth-order valence-electron chi connectivity index (χ4n) is 3.84. The van der Waals surface area contributed by atoms with Gasteiger partial charge in [0.15, 0.2) is 5.52 Å². The first kappa shape index (κ1) is 19.4. The predicted octanol–water partition coefficient (Wildman–Crippen LogP) is 2.08. The Morgan fingerprint density at radius 2 is 2.07 bits per heavy atom. The SMILES string of the molecule is CCCc1nn(C)c2c(=O)[nH]c(N(C)Cc3cccc(N4CCOCC4)c3)nc12. The standard InChI is InChI=1S/C21H28N6O2/c1-4-6-17-18-19(26(3)24-17)20(28)23-21(22-18)25(2)14-15-7-5-8-16(13-15)27-9-11-29-12-10-27/h5,7-8,13H,4,6,9-12,14H2,1-3H3,(H,22,23,28). The number of aromatic nitrogens is 4. The molecule has 0 spiro atoms. The number of nitrogens with zero attached hydrogens (tertiary/aromatic N) is 5. The van der Waals surface area contributed by atoms with Crippen LogP contribution in [0, 0.1) is 0 Å². The molecule has 8 nitrogen and oxygen atoms in total. The third kappa shape index (κ3) is 3.98. The van der Waals surface area contributed by atoms with Gasteiger partial charge < -0.3 is 14.5 Å². The topological polar surface area (TPSA) is 79.3 Å². The van der Waals surface area contributed by atoms with Crippen molar-refractivity contribution in [1.82, 2.24) is 19.7 Å². The highest BCUT2D eigenvalue weighted by molar-refractivity contribution is 5.77. The van der Waals surface area contributed by atoms with E-state index in [-0.39, 0.29) is 5.56 Å². The smallest absolute Gasteiger partial charge is 0.278 e. The van der Waals surface area contributed by atoms with E-state index < -0.39 is 0 Å². The van der Waals surface area contributed by atoms with Crippen LogP contribution in [0.1, 0.15) is 24.6 Å². The number of aromatic amines is 1. The largest absolute Gasteiger partial charge is 0.378 e. The van der Waals surface area contributed by atoms with E-state index >= 15 is 0 Å². The van der Waals surface area contributed by atoms with Gasteiger partial charge in [0.2, 0.25) is 5.95 Å². The molecule has 1 fully saturated rings. The Balaban J connectivity index is 1.60. The number of aryl methyl sites for hydroxylation is 2. The van der Waals surface area contributed by atoms with Gasteiger partial charge in [-0.1, -0.05) is 25.5 Å². The number of rotatable bonds is 6. The van der Waals surface area contributed by atoms with Crippen molar-refractivity contribution >= 4 is 22.7 Å². The summed E-state index contributed by atoms with van der Waals surface area (Å²) in [6.07, 6.45) is 1.76. The average Bonchev–Trinajstić information content (AvgIpc) is 3.05. The molecule has 0 atom stereocenters. The number of nitrogens with one attached hydrogen (secondary N) is 1. The molecule has 0 aliphatic carbocycles. The molecule has 1 aliphatic rings. The van der Waals surface area contributed by atoms with Crippen molar-refractivity contribution in [3.8, 4) is 0 Å². The molecule has 0 bridgehead atoms. The van der Waals surface area contributed by atoms with E-state index in [9.17, 15) is 4.79 Å². The first-order valence-corrected chi connectivity index (χ1v) is 10.2. The van der Waals surface area contributed by atoms with Gasteiger partial charge in [-0.2, -0.15) is 5.10 Å². The zero-order valence-corrected chi connectivity index (χ0v) is 17.3. The minimum atomic E-state index is -0.156. The summed E-state index contributed by atoms with van der Waals surface area (Å²) in [7, 11) is 3.74. The van der Waals surface area contributed by atoms with Crippen molar-refractivity contribution in [1.29, 1.82) is 0 Å². The number of ether oxygens (including phenoxy) is 1. The minimum Gasteiger partial charge on any atom is -0.378 e. The summed E-state index contributed by atoms with van der Waals surface area (Å²) in [5.41, 5.74) is 4.31. The Labute approximate surface area is 170 Å². The molecule has 2 aromatic heterocycles. The molecule has 1 N–H and O–H groups in total. The van der Waals surface area contributed by atoms with Gasteiger partial charge in [-0.05, 0) is 24.1 Å². The van der Waals surface area contributed by atoms with E-state index in [2.05, 4.69) is 46.2 Å². The predicted molar refractivity (Wildman–Crippen MR) is 115 cm³/mol. The van der Waals surface area contributed by atoms with Gasteiger partial charge in [-0.15, -0.1) is 0 Å². The lowest BCUT2D eigenvalue weighted by atomic mass is 10.1. The van der Waals surface area contributed by atoms with Gasteiger partial charge in [-0.3, -0.25) is 14.5 Å². The molecule has 1 aromatic carbocycles. The summed E-state index contributed by atoms with van der Waals surface area (Å²) in [6, 6.07) is 8.51. The molecule has 1 saturated heterocycles. The number of fused-ring (bicyclic) bond motifs is 1. The summed E-state index contributed by atoms with van der Waals surface area (Å²) < 4.78 is 7.08. The Bertz CT molecular complexity index is 1050. The number of hydrogen-bond acceptors (Lipinski definition) is 6. The summed E-state index contributed by atoms with van der Waals surface area (Å²) in [5, 5.41) is 4.49.